The van der Waals surface area contributed by atoms with Gasteiger partial charge in [0.1, 0.15) is 0 Å². The highest BCUT2D eigenvalue weighted by atomic mass is 32.2. The second kappa shape index (κ2) is 4.36. The van der Waals surface area contributed by atoms with E-state index in [1.54, 1.807) is 0 Å². The Hall–Kier alpha value is -1.57. The van der Waals surface area contributed by atoms with Crippen LogP contribution in [-0.4, -0.2) is 43.0 Å². The maximum atomic E-state index is 11.4. The van der Waals surface area contributed by atoms with Crippen molar-refractivity contribution in [2.24, 2.45) is 0 Å². The lowest BCUT2D eigenvalue weighted by Crippen LogP contribution is -2.23. The summed E-state index contributed by atoms with van der Waals surface area (Å²) in [5, 5.41) is 2.92. The van der Waals surface area contributed by atoms with E-state index in [9.17, 15) is 13.2 Å². The van der Waals surface area contributed by atoms with Gasteiger partial charge in [0.25, 0.3) is 5.56 Å². The first kappa shape index (κ1) is 11.9. The normalized spacial score (nSPS) is 22.3. The lowest BCUT2D eigenvalue weighted by Gasteiger charge is -2.13. The zero-order valence-electron chi connectivity index (χ0n) is 9.26. The van der Waals surface area contributed by atoms with Gasteiger partial charge in [-0.2, -0.15) is 0 Å². The summed E-state index contributed by atoms with van der Waals surface area (Å²) in [6, 6.07) is -0.219. The molecule has 0 aliphatic carbocycles. The minimum absolute atomic E-state index is 0.0602. The average Bonchev–Trinajstić information content (AvgIpc) is 2.58. The molecule has 1 saturated heterocycles. The van der Waals surface area contributed by atoms with Gasteiger partial charge in [-0.15, -0.1) is 0 Å². The molecule has 8 heteroatoms. The van der Waals surface area contributed by atoms with Crippen LogP contribution in [0.3, 0.4) is 0 Å². The van der Waals surface area contributed by atoms with Crippen LogP contribution in [0.1, 0.15) is 6.42 Å². The molecule has 0 amide bonds. The molecule has 1 aromatic rings. The molecule has 0 spiro atoms. The van der Waals surface area contributed by atoms with Crippen molar-refractivity contribution >= 4 is 15.7 Å². The number of sulfone groups is 1. The summed E-state index contributed by atoms with van der Waals surface area (Å²) in [5.41, 5.74) is -0.397. The molecule has 0 saturated carbocycles. The van der Waals surface area contributed by atoms with E-state index >= 15 is 0 Å². The molecule has 0 aromatic carbocycles. The highest BCUT2D eigenvalue weighted by Gasteiger charge is 2.28. The SMILES string of the molecule is COc1c(NC2CCS(=O)(=O)C2)nc[nH]c1=O. The third kappa shape index (κ3) is 2.57. The molecular formula is C9H13N3O4S. The van der Waals surface area contributed by atoms with Crippen molar-refractivity contribution in [3.8, 4) is 5.75 Å². The minimum Gasteiger partial charge on any atom is -0.489 e. The second-order valence-corrected chi connectivity index (χ2v) is 6.09. The van der Waals surface area contributed by atoms with Crippen LogP contribution in [0.15, 0.2) is 11.1 Å². The summed E-state index contributed by atoms with van der Waals surface area (Å²) in [4.78, 5) is 17.7. The van der Waals surface area contributed by atoms with Crippen molar-refractivity contribution < 1.29 is 13.2 Å². The molecule has 0 radical (unpaired) electrons. The van der Waals surface area contributed by atoms with E-state index in [0.29, 0.717) is 6.42 Å². The van der Waals surface area contributed by atoms with Gasteiger partial charge < -0.3 is 15.0 Å². The van der Waals surface area contributed by atoms with Gasteiger partial charge in [-0.25, -0.2) is 13.4 Å². The molecule has 1 fully saturated rings. The molecular weight excluding hydrogens is 246 g/mol. The molecule has 1 aliphatic heterocycles. The van der Waals surface area contributed by atoms with Gasteiger partial charge in [0.15, 0.2) is 15.7 Å². The van der Waals surface area contributed by atoms with E-state index < -0.39 is 15.4 Å². The number of ether oxygens (including phenoxy) is 1. The van der Waals surface area contributed by atoms with Gasteiger partial charge in [-0.3, -0.25) is 4.79 Å². The minimum atomic E-state index is -2.96. The van der Waals surface area contributed by atoms with Crippen LogP contribution in [0.5, 0.6) is 5.75 Å². The van der Waals surface area contributed by atoms with Crippen molar-refractivity contribution in [3.63, 3.8) is 0 Å². The Morgan fingerprint density at radius 3 is 2.94 bits per heavy atom. The first-order valence-corrected chi connectivity index (χ1v) is 6.92. The number of nitrogens with zero attached hydrogens (tertiary/aromatic N) is 1. The topological polar surface area (TPSA) is 101 Å². The first-order chi connectivity index (χ1) is 8.02. The van der Waals surface area contributed by atoms with E-state index in [2.05, 4.69) is 15.3 Å². The maximum Gasteiger partial charge on any atom is 0.295 e. The highest BCUT2D eigenvalue weighted by Crippen LogP contribution is 2.20. The van der Waals surface area contributed by atoms with Crippen LogP contribution in [0.2, 0.25) is 0 Å². The number of methoxy groups -OCH3 is 1. The molecule has 1 atom stereocenters. The first-order valence-electron chi connectivity index (χ1n) is 5.10. The molecule has 2 N–H and O–H groups in total. The fourth-order valence-electron chi connectivity index (χ4n) is 1.78. The summed E-state index contributed by atoms with van der Waals surface area (Å²) >= 11 is 0. The molecule has 2 rings (SSSR count). The van der Waals surface area contributed by atoms with Crippen LogP contribution in [0, 0.1) is 0 Å². The van der Waals surface area contributed by atoms with Crippen LogP contribution in [0.25, 0.3) is 0 Å². The molecule has 7 nitrogen and oxygen atoms in total. The molecule has 1 aromatic heterocycles. The Bertz CT molecular complexity index is 566. The van der Waals surface area contributed by atoms with Crippen LogP contribution in [0.4, 0.5) is 5.82 Å². The fourth-order valence-corrected chi connectivity index (χ4v) is 3.45. The zero-order chi connectivity index (χ0) is 12.5. The van der Waals surface area contributed by atoms with Gasteiger partial charge in [0.2, 0.25) is 5.75 Å². The highest BCUT2D eigenvalue weighted by molar-refractivity contribution is 7.91. The van der Waals surface area contributed by atoms with Crippen molar-refractivity contribution in [2.45, 2.75) is 12.5 Å². The number of aromatic amines is 1. The number of H-pyrrole nitrogens is 1. The van der Waals surface area contributed by atoms with E-state index in [4.69, 9.17) is 4.74 Å². The van der Waals surface area contributed by atoms with E-state index in [-0.39, 0.29) is 29.1 Å². The lowest BCUT2D eigenvalue weighted by atomic mass is 10.2. The third-order valence-electron chi connectivity index (χ3n) is 2.59. The van der Waals surface area contributed by atoms with Crippen molar-refractivity contribution in [1.29, 1.82) is 0 Å². The lowest BCUT2D eigenvalue weighted by molar-refractivity contribution is 0.407. The second-order valence-electron chi connectivity index (χ2n) is 3.86. The Morgan fingerprint density at radius 2 is 2.35 bits per heavy atom. The van der Waals surface area contributed by atoms with Gasteiger partial charge in [0.05, 0.1) is 24.9 Å². The average molecular weight is 259 g/mol. The Labute approximate surface area is 98.1 Å². The Balaban J connectivity index is 2.20. The zero-order valence-corrected chi connectivity index (χ0v) is 10.1. The molecule has 17 heavy (non-hydrogen) atoms. The molecule has 0 bridgehead atoms. The van der Waals surface area contributed by atoms with E-state index in [1.165, 1.54) is 13.4 Å². The third-order valence-corrected chi connectivity index (χ3v) is 4.36. The Morgan fingerprint density at radius 1 is 1.59 bits per heavy atom. The van der Waals surface area contributed by atoms with Crippen molar-refractivity contribution in [1.82, 2.24) is 9.97 Å². The summed E-state index contributed by atoms with van der Waals surface area (Å²) < 4.78 is 27.5. The number of anilines is 1. The van der Waals surface area contributed by atoms with Crippen LogP contribution < -0.4 is 15.6 Å². The molecule has 94 valence electrons. The summed E-state index contributed by atoms with van der Waals surface area (Å²) in [5.74, 6) is 0.566. The van der Waals surface area contributed by atoms with E-state index in [1.807, 2.05) is 0 Å². The van der Waals surface area contributed by atoms with Crippen molar-refractivity contribution in [2.75, 3.05) is 23.9 Å². The molecule has 2 heterocycles. The molecule has 1 unspecified atom stereocenters. The van der Waals surface area contributed by atoms with E-state index in [0.717, 1.165) is 0 Å². The number of aromatic nitrogens is 2. The van der Waals surface area contributed by atoms with Gasteiger partial charge in [-0.05, 0) is 6.42 Å². The summed E-state index contributed by atoms with van der Waals surface area (Å²) in [6.07, 6.45) is 1.76. The summed E-state index contributed by atoms with van der Waals surface area (Å²) in [7, 11) is -1.60. The summed E-state index contributed by atoms with van der Waals surface area (Å²) in [6.45, 7) is 0. The van der Waals surface area contributed by atoms with Crippen LogP contribution in [-0.2, 0) is 9.84 Å². The monoisotopic (exact) mass is 259 g/mol. The van der Waals surface area contributed by atoms with Gasteiger partial charge in [0, 0.05) is 6.04 Å². The number of hydrogen-bond acceptors (Lipinski definition) is 6. The molecule has 1 aliphatic rings. The number of nitrogens with one attached hydrogen (secondary N) is 2. The quantitative estimate of drug-likeness (QED) is 0.750. The van der Waals surface area contributed by atoms with Gasteiger partial charge in [-0.1, -0.05) is 0 Å². The standard InChI is InChI=1S/C9H13N3O4S/c1-16-7-8(10-5-11-9(7)13)12-6-2-3-17(14,15)4-6/h5-6H,2-4H2,1H3,(H2,10,11,12,13). The van der Waals surface area contributed by atoms with Crippen molar-refractivity contribution in [3.05, 3.63) is 16.7 Å². The maximum absolute atomic E-state index is 11.4. The largest absolute Gasteiger partial charge is 0.489 e. The smallest absolute Gasteiger partial charge is 0.295 e. The predicted molar refractivity (Wildman–Crippen MR) is 62.1 cm³/mol. The van der Waals surface area contributed by atoms with Gasteiger partial charge >= 0.3 is 0 Å². The predicted octanol–water partition coefficient (Wildman–Crippen LogP) is -0.622. The fraction of sp³-hybridized carbons (Fsp3) is 0.556. The van der Waals surface area contributed by atoms with Crippen LogP contribution >= 0.6 is 0 Å². The number of rotatable bonds is 3. The number of hydrogen-bond donors (Lipinski definition) is 2. The Kier molecular flexibility index (Phi) is 3.05.